The van der Waals surface area contributed by atoms with Gasteiger partial charge in [-0.3, -0.25) is 0 Å². The average molecular weight is 414 g/mol. The molecular weight excluding hydrogens is 392 g/mol. The fourth-order valence-electron chi connectivity index (χ4n) is 2.38. The second-order valence-corrected chi connectivity index (χ2v) is 7.79. The zero-order valence-electron chi connectivity index (χ0n) is 12.6. The Morgan fingerprint density at radius 3 is 2.77 bits per heavy atom. The monoisotopic (exact) mass is 412 g/mol. The first-order chi connectivity index (χ1) is 9.94. The maximum atomic E-state index is 12.5. The number of halogens is 2. The Kier molecular flexibility index (Phi) is 7.61. The van der Waals surface area contributed by atoms with Gasteiger partial charge < -0.3 is 10.1 Å². The molecule has 0 amide bonds. The van der Waals surface area contributed by atoms with Gasteiger partial charge in [0.25, 0.3) is 0 Å². The maximum absolute atomic E-state index is 12.5. The van der Waals surface area contributed by atoms with Crippen LogP contribution in [0.5, 0.6) is 5.75 Å². The van der Waals surface area contributed by atoms with Crippen LogP contribution in [0, 0.1) is 5.92 Å². The van der Waals surface area contributed by atoms with E-state index in [9.17, 15) is 8.42 Å². The number of hydrogen-bond acceptors (Lipinski definition) is 4. The topological polar surface area (TPSA) is 67.4 Å². The molecule has 2 N–H and O–H groups in total. The Morgan fingerprint density at radius 2 is 2.18 bits per heavy atom. The van der Waals surface area contributed by atoms with Crippen LogP contribution in [0.15, 0.2) is 27.6 Å². The van der Waals surface area contributed by atoms with E-state index < -0.39 is 10.0 Å². The van der Waals surface area contributed by atoms with Crippen LogP contribution >= 0.6 is 28.3 Å². The molecule has 1 saturated heterocycles. The van der Waals surface area contributed by atoms with Crippen molar-refractivity contribution in [3.63, 3.8) is 0 Å². The Bertz CT molecular complexity index is 598. The molecule has 8 heteroatoms. The molecule has 0 aliphatic carbocycles. The highest BCUT2D eigenvalue weighted by Gasteiger charge is 2.27. The smallest absolute Gasteiger partial charge is 0.240 e. The highest BCUT2D eigenvalue weighted by atomic mass is 79.9. The normalized spacial score (nSPS) is 22.0. The molecule has 1 aliphatic heterocycles. The van der Waals surface area contributed by atoms with Crippen LogP contribution < -0.4 is 14.8 Å². The third-order valence-corrected chi connectivity index (χ3v) is 5.71. The highest BCUT2D eigenvalue weighted by molar-refractivity contribution is 9.10. The van der Waals surface area contributed by atoms with Gasteiger partial charge in [0.1, 0.15) is 5.75 Å². The molecule has 1 aromatic carbocycles. The van der Waals surface area contributed by atoms with E-state index >= 15 is 0 Å². The van der Waals surface area contributed by atoms with Crippen molar-refractivity contribution in [3.05, 3.63) is 22.7 Å². The van der Waals surface area contributed by atoms with Crippen molar-refractivity contribution in [2.24, 2.45) is 5.92 Å². The van der Waals surface area contributed by atoms with Crippen molar-refractivity contribution < 1.29 is 13.2 Å². The van der Waals surface area contributed by atoms with Gasteiger partial charge in [-0.15, -0.1) is 12.4 Å². The van der Waals surface area contributed by atoms with Crippen molar-refractivity contribution >= 4 is 38.4 Å². The van der Waals surface area contributed by atoms with Gasteiger partial charge in [-0.25, -0.2) is 13.1 Å². The van der Waals surface area contributed by atoms with Crippen molar-refractivity contribution in [3.8, 4) is 5.75 Å². The molecule has 5 nitrogen and oxygen atoms in total. The lowest BCUT2D eigenvalue weighted by Crippen LogP contribution is -2.48. The second kappa shape index (κ2) is 8.49. The molecule has 1 aliphatic rings. The lowest BCUT2D eigenvalue weighted by Gasteiger charge is -2.30. The van der Waals surface area contributed by atoms with Gasteiger partial charge in [-0.1, -0.05) is 6.92 Å². The fourth-order valence-corrected chi connectivity index (χ4v) is 4.43. The number of piperidine rings is 1. The Balaban J connectivity index is 0.00000242. The molecule has 0 bridgehead atoms. The quantitative estimate of drug-likeness (QED) is 0.778. The summed E-state index contributed by atoms with van der Waals surface area (Å²) in [5, 5.41) is 3.26. The van der Waals surface area contributed by atoms with Crippen LogP contribution in [0.3, 0.4) is 0 Å². The van der Waals surface area contributed by atoms with Crippen LogP contribution in [0.1, 0.15) is 20.3 Å². The number of hydrogen-bond donors (Lipinski definition) is 2. The van der Waals surface area contributed by atoms with Gasteiger partial charge in [0.05, 0.1) is 16.0 Å². The molecule has 2 unspecified atom stereocenters. The first-order valence-corrected chi connectivity index (χ1v) is 9.37. The molecule has 0 radical (unpaired) electrons. The molecule has 1 heterocycles. The van der Waals surface area contributed by atoms with E-state index in [0.717, 1.165) is 19.5 Å². The first kappa shape index (κ1) is 19.7. The summed E-state index contributed by atoms with van der Waals surface area (Å²) >= 11 is 3.35. The third kappa shape index (κ3) is 4.83. The Hall–Kier alpha value is -0.340. The summed E-state index contributed by atoms with van der Waals surface area (Å²) in [6.45, 7) is 6.14. The standard InChI is InChI=1S/C14H21BrN2O3S.ClH/c1-3-20-14-5-4-11(8-12(14)15)21(18,19)17-13-6-7-16-9-10(13)2;/h4-5,8,10,13,16-17H,3,6-7,9H2,1-2H3;1H. The van der Waals surface area contributed by atoms with E-state index in [1.165, 1.54) is 0 Å². The summed E-state index contributed by atoms with van der Waals surface area (Å²) < 4.78 is 33.8. The van der Waals surface area contributed by atoms with E-state index in [1.807, 2.05) is 13.8 Å². The Labute approximate surface area is 146 Å². The highest BCUT2D eigenvalue weighted by Crippen LogP contribution is 2.28. The number of rotatable bonds is 5. The van der Waals surface area contributed by atoms with Gasteiger partial charge in [-0.2, -0.15) is 0 Å². The summed E-state index contributed by atoms with van der Waals surface area (Å²) in [6.07, 6.45) is 0.804. The SMILES string of the molecule is CCOc1ccc(S(=O)(=O)NC2CCNCC2C)cc1Br.Cl. The number of sulfonamides is 1. The predicted molar refractivity (Wildman–Crippen MR) is 93.3 cm³/mol. The van der Waals surface area contributed by atoms with E-state index in [4.69, 9.17) is 4.74 Å². The third-order valence-electron chi connectivity index (χ3n) is 3.61. The molecule has 126 valence electrons. The lowest BCUT2D eigenvalue weighted by atomic mass is 9.97. The van der Waals surface area contributed by atoms with Crippen molar-refractivity contribution in [1.29, 1.82) is 0 Å². The minimum Gasteiger partial charge on any atom is -0.493 e. The van der Waals surface area contributed by atoms with E-state index in [2.05, 4.69) is 26.0 Å². The van der Waals surface area contributed by atoms with Crippen LogP contribution in [-0.2, 0) is 10.0 Å². The van der Waals surface area contributed by atoms with Crippen molar-refractivity contribution in [2.75, 3.05) is 19.7 Å². The summed E-state index contributed by atoms with van der Waals surface area (Å²) in [6, 6.07) is 4.80. The molecule has 1 aromatic rings. The number of ether oxygens (including phenoxy) is 1. The van der Waals surface area contributed by atoms with Crippen LogP contribution in [0.4, 0.5) is 0 Å². The van der Waals surface area contributed by atoms with Gasteiger partial charge in [0, 0.05) is 6.04 Å². The predicted octanol–water partition coefficient (Wildman–Crippen LogP) is 2.55. The van der Waals surface area contributed by atoms with E-state index in [0.29, 0.717) is 16.8 Å². The Morgan fingerprint density at radius 1 is 1.45 bits per heavy atom. The molecule has 0 spiro atoms. The largest absolute Gasteiger partial charge is 0.493 e. The lowest BCUT2D eigenvalue weighted by molar-refractivity contribution is 0.328. The number of benzene rings is 1. The summed E-state index contributed by atoms with van der Waals surface area (Å²) in [7, 11) is -3.51. The van der Waals surface area contributed by atoms with E-state index in [1.54, 1.807) is 18.2 Å². The summed E-state index contributed by atoms with van der Waals surface area (Å²) in [5.41, 5.74) is 0. The van der Waals surface area contributed by atoms with E-state index in [-0.39, 0.29) is 29.3 Å². The minimum atomic E-state index is -3.51. The van der Waals surface area contributed by atoms with Crippen molar-refractivity contribution in [1.82, 2.24) is 10.0 Å². The number of nitrogens with one attached hydrogen (secondary N) is 2. The van der Waals surface area contributed by atoms with Gasteiger partial charge in [0.15, 0.2) is 0 Å². The molecule has 22 heavy (non-hydrogen) atoms. The zero-order valence-corrected chi connectivity index (χ0v) is 15.9. The molecular formula is C14H22BrClN2O3S. The fraction of sp³-hybridized carbons (Fsp3) is 0.571. The summed E-state index contributed by atoms with van der Waals surface area (Å²) in [5.74, 6) is 0.923. The van der Waals surface area contributed by atoms with Crippen LogP contribution in [0.25, 0.3) is 0 Å². The molecule has 2 atom stereocenters. The van der Waals surface area contributed by atoms with Crippen LogP contribution in [0.2, 0.25) is 0 Å². The molecule has 0 saturated carbocycles. The molecule has 2 rings (SSSR count). The first-order valence-electron chi connectivity index (χ1n) is 7.09. The second-order valence-electron chi connectivity index (χ2n) is 5.22. The van der Waals surface area contributed by atoms with Gasteiger partial charge in [-0.05, 0) is 66.5 Å². The molecule has 1 fully saturated rings. The van der Waals surface area contributed by atoms with Crippen LogP contribution in [-0.4, -0.2) is 34.2 Å². The molecule has 0 aromatic heterocycles. The van der Waals surface area contributed by atoms with Crippen molar-refractivity contribution in [2.45, 2.75) is 31.2 Å². The minimum absolute atomic E-state index is 0. The average Bonchev–Trinajstić information content (AvgIpc) is 2.43. The maximum Gasteiger partial charge on any atom is 0.240 e. The van der Waals surface area contributed by atoms with Gasteiger partial charge in [0.2, 0.25) is 10.0 Å². The summed E-state index contributed by atoms with van der Waals surface area (Å²) in [4.78, 5) is 0.253. The van der Waals surface area contributed by atoms with Gasteiger partial charge >= 0.3 is 0 Å². The zero-order chi connectivity index (χ0) is 15.5.